The molecule has 0 spiro atoms. The van der Waals surface area contributed by atoms with Gasteiger partial charge in [0.15, 0.2) is 6.61 Å². The lowest BCUT2D eigenvalue weighted by atomic mass is 10.0. The fraction of sp³-hybridized carbons (Fsp3) is 0.389. The smallest absolute Gasteiger partial charge is 0.331 e. The van der Waals surface area contributed by atoms with Crippen molar-refractivity contribution < 1.29 is 23.9 Å². The maximum atomic E-state index is 11.8. The highest BCUT2D eigenvalue weighted by Gasteiger charge is 2.11. The van der Waals surface area contributed by atoms with Crippen molar-refractivity contribution >= 4 is 17.8 Å². The molecule has 0 unspecified atom stereocenters. The van der Waals surface area contributed by atoms with Crippen LogP contribution in [0.1, 0.15) is 36.6 Å². The second-order valence-electron chi connectivity index (χ2n) is 5.33. The summed E-state index contributed by atoms with van der Waals surface area (Å²) in [6.45, 7) is 7.34. The molecular weight excluding hydrogens is 310 g/mol. The molecule has 1 atom stereocenters. The largest absolute Gasteiger partial charge is 0.463 e. The number of esters is 2. The normalized spacial score (nSPS) is 11.8. The zero-order valence-electron chi connectivity index (χ0n) is 14.4. The SMILES string of the molecule is CCOC(=O)/C=C/C(=O)OCC(=O)N[C@H](C)c1ccc(C)c(C)c1. The van der Waals surface area contributed by atoms with Crippen molar-refractivity contribution in [3.05, 3.63) is 47.0 Å². The topological polar surface area (TPSA) is 81.7 Å². The van der Waals surface area contributed by atoms with Gasteiger partial charge in [0.05, 0.1) is 12.6 Å². The van der Waals surface area contributed by atoms with Gasteiger partial charge in [0.2, 0.25) is 0 Å². The summed E-state index contributed by atoms with van der Waals surface area (Å²) >= 11 is 0. The molecule has 0 bridgehead atoms. The van der Waals surface area contributed by atoms with Crippen LogP contribution < -0.4 is 5.32 Å². The number of aryl methyl sites for hydroxylation is 2. The minimum Gasteiger partial charge on any atom is -0.463 e. The minimum absolute atomic E-state index is 0.203. The highest BCUT2D eigenvalue weighted by molar-refractivity contribution is 5.92. The van der Waals surface area contributed by atoms with Gasteiger partial charge in [-0.3, -0.25) is 4.79 Å². The van der Waals surface area contributed by atoms with Crippen LogP contribution >= 0.6 is 0 Å². The molecule has 6 heteroatoms. The van der Waals surface area contributed by atoms with Crippen LogP contribution in [0.4, 0.5) is 0 Å². The summed E-state index contributed by atoms with van der Waals surface area (Å²) in [5.41, 5.74) is 3.30. The van der Waals surface area contributed by atoms with Crippen molar-refractivity contribution in [1.82, 2.24) is 5.32 Å². The molecule has 1 aromatic carbocycles. The first-order chi connectivity index (χ1) is 11.3. The molecular formula is C18H23NO5. The lowest BCUT2D eigenvalue weighted by molar-refractivity contribution is -0.144. The first-order valence-corrected chi connectivity index (χ1v) is 7.71. The van der Waals surface area contributed by atoms with E-state index in [4.69, 9.17) is 4.74 Å². The number of hydrogen-bond acceptors (Lipinski definition) is 5. The van der Waals surface area contributed by atoms with E-state index < -0.39 is 24.5 Å². The Morgan fingerprint density at radius 3 is 2.29 bits per heavy atom. The summed E-state index contributed by atoms with van der Waals surface area (Å²) in [5.74, 6) is -1.84. The molecule has 0 aliphatic heterocycles. The quantitative estimate of drug-likeness (QED) is 0.611. The Bertz CT molecular complexity index is 636. The summed E-state index contributed by atoms with van der Waals surface area (Å²) in [7, 11) is 0. The van der Waals surface area contributed by atoms with Crippen molar-refractivity contribution in [1.29, 1.82) is 0 Å². The molecule has 24 heavy (non-hydrogen) atoms. The molecule has 1 aromatic rings. The highest BCUT2D eigenvalue weighted by atomic mass is 16.5. The van der Waals surface area contributed by atoms with Gasteiger partial charge < -0.3 is 14.8 Å². The fourth-order valence-electron chi connectivity index (χ4n) is 1.91. The van der Waals surface area contributed by atoms with E-state index in [1.54, 1.807) is 6.92 Å². The van der Waals surface area contributed by atoms with E-state index in [9.17, 15) is 14.4 Å². The molecule has 1 amide bonds. The first-order valence-electron chi connectivity index (χ1n) is 7.71. The van der Waals surface area contributed by atoms with Gasteiger partial charge in [-0.15, -0.1) is 0 Å². The minimum atomic E-state index is -0.781. The van der Waals surface area contributed by atoms with Gasteiger partial charge in [0, 0.05) is 12.2 Å². The van der Waals surface area contributed by atoms with Crippen molar-refractivity contribution in [2.45, 2.75) is 33.7 Å². The van der Waals surface area contributed by atoms with Crippen LogP contribution in [0.3, 0.4) is 0 Å². The molecule has 0 heterocycles. The number of rotatable bonds is 7. The Kier molecular flexibility index (Phi) is 7.68. The molecule has 0 aromatic heterocycles. The van der Waals surface area contributed by atoms with Gasteiger partial charge in [0.25, 0.3) is 5.91 Å². The molecule has 0 radical (unpaired) electrons. The number of ether oxygens (including phenoxy) is 2. The Morgan fingerprint density at radius 2 is 1.71 bits per heavy atom. The number of nitrogens with one attached hydrogen (secondary N) is 1. The zero-order valence-corrected chi connectivity index (χ0v) is 14.4. The van der Waals surface area contributed by atoms with Gasteiger partial charge in [-0.1, -0.05) is 18.2 Å². The third kappa shape index (κ3) is 6.64. The van der Waals surface area contributed by atoms with Gasteiger partial charge in [-0.05, 0) is 44.4 Å². The van der Waals surface area contributed by atoms with Gasteiger partial charge in [-0.2, -0.15) is 0 Å². The van der Waals surface area contributed by atoms with Crippen LogP contribution in [0.5, 0.6) is 0 Å². The van der Waals surface area contributed by atoms with Gasteiger partial charge >= 0.3 is 11.9 Å². The van der Waals surface area contributed by atoms with E-state index in [0.717, 1.165) is 23.3 Å². The van der Waals surface area contributed by atoms with E-state index >= 15 is 0 Å². The highest BCUT2D eigenvalue weighted by Crippen LogP contribution is 2.16. The molecule has 0 saturated carbocycles. The molecule has 0 saturated heterocycles. The van der Waals surface area contributed by atoms with Crippen LogP contribution in [0, 0.1) is 13.8 Å². The molecule has 0 fully saturated rings. The molecule has 6 nitrogen and oxygen atoms in total. The predicted molar refractivity (Wildman–Crippen MR) is 89.2 cm³/mol. The maximum absolute atomic E-state index is 11.8. The van der Waals surface area contributed by atoms with E-state index in [1.165, 1.54) is 5.56 Å². The number of amides is 1. The second kappa shape index (κ2) is 9.50. The molecule has 0 aliphatic rings. The average Bonchev–Trinajstić information content (AvgIpc) is 2.53. The molecule has 1 rings (SSSR count). The van der Waals surface area contributed by atoms with E-state index in [1.807, 2.05) is 39.0 Å². The molecule has 0 aliphatic carbocycles. The van der Waals surface area contributed by atoms with E-state index in [0.29, 0.717) is 0 Å². The second-order valence-corrected chi connectivity index (χ2v) is 5.33. The lowest BCUT2D eigenvalue weighted by Gasteiger charge is -2.15. The van der Waals surface area contributed by atoms with E-state index in [2.05, 4.69) is 10.1 Å². The van der Waals surface area contributed by atoms with Crippen molar-refractivity contribution in [3.8, 4) is 0 Å². The van der Waals surface area contributed by atoms with Gasteiger partial charge in [0.1, 0.15) is 0 Å². The maximum Gasteiger partial charge on any atom is 0.331 e. The summed E-state index contributed by atoms with van der Waals surface area (Å²) < 4.78 is 9.39. The number of hydrogen-bond donors (Lipinski definition) is 1. The number of benzene rings is 1. The standard InChI is InChI=1S/C18H23NO5/c1-5-23-17(21)8-9-18(22)24-11-16(20)19-14(4)15-7-6-12(2)13(3)10-15/h6-10,14H,5,11H2,1-4H3,(H,19,20)/b9-8+/t14-/m1/s1. The van der Waals surface area contributed by atoms with Crippen molar-refractivity contribution in [2.75, 3.05) is 13.2 Å². The predicted octanol–water partition coefficient (Wildman–Crippen LogP) is 2.14. The molecule has 1 N–H and O–H groups in total. The van der Waals surface area contributed by atoms with Crippen LogP contribution in [0.2, 0.25) is 0 Å². The first kappa shape index (κ1) is 19.4. The van der Waals surface area contributed by atoms with Crippen molar-refractivity contribution in [3.63, 3.8) is 0 Å². The fourth-order valence-corrected chi connectivity index (χ4v) is 1.91. The van der Waals surface area contributed by atoms with E-state index in [-0.39, 0.29) is 12.6 Å². The van der Waals surface area contributed by atoms with Crippen LogP contribution in [0.25, 0.3) is 0 Å². The molecule has 130 valence electrons. The summed E-state index contributed by atoms with van der Waals surface area (Å²) in [6.07, 6.45) is 1.89. The average molecular weight is 333 g/mol. The summed E-state index contributed by atoms with van der Waals surface area (Å²) in [6, 6.07) is 5.74. The zero-order chi connectivity index (χ0) is 18.1. The lowest BCUT2D eigenvalue weighted by Crippen LogP contribution is -2.31. The Labute approximate surface area is 141 Å². The van der Waals surface area contributed by atoms with Gasteiger partial charge in [-0.25, -0.2) is 9.59 Å². The third-order valence-corrected chi connectivity index (χ3v) is 3.40. The van der Waals surface area contributed by atoms with Crippen LogP contribution in [0.15, 0.2) is 30.4 Å². The van der Waals surface area contributed by atoms with Crippen LogP contribution in [-0.4, -0.2) is 31.1 Å². The third-order valence-electron chi connectivity index (χ3n) is 3.40. The number of carbonyl (C=O) groups excluding carboxylic acids is 3. The number of carbonyl (C=O) groups is 3. The summed E-state index contributed by atoms with van der Waals surface area (Å²) in [4.78, 5) is 34.3. The monoisotopic (exact) mass is 333 g/mol. The Hall–Kier alpha value is -2.63. The van der Waals surface area contributed by atoms with Crippen molar-refractivity contribution in [2.24, 2.45) is 0 Å². The Balaban J connectivity index is 2.44. The van der Waals surface area contributed by atoms with Crippen LogP contribution in [-0.2, 0) is 23.9 Å². The summed E-state index contributed by atoms with van der Waals surface area (Å²) in [5, 5.41) is 2.75. The Morgan fingerprint density at radius 1 is 1.08 bits per heavy atom.